The highest BCUT2D eigenvalue weighted by Crippen LogP contribution is 2.32. The zero-order valence-electron chi connectivity index (χ0n) is 23.4. The first-order valence-electron chi connectivity index (χ1n) is 14.0. The zero-order valence-corrected chi connectivity index (χ0v) is 23.4. The predicted molar refractivity (Wildman–Crippen MR) is 161 cm³/mol. The maximum Gasteiger partial charge on any atom is 0.287 e. The van der Waals surface area contributed by atoms with Gasteiger partial charge in [-0.3, -0.25) is 14.9 Å². The molecule has 3 heterocycles. The van der Waals surface area contributed by atoms with Crippen molar-refractivity contribution in [3.05, 3.63) is 116 Å². The second-order valence-electron chi connectivity index (χ2n) is 10.6. The van der Waals surface area contributed by atoms with Crippen molar-refractivity contribution in [2.24, 2.45) is 5.10 Å². The summed E-state index contributed by atoms with van der Waals surface area (Å²) in [7, 11) is 0. The first-order chi connectivity index (χ1) is 20.4. The number of nitro groups is 1. The molecule has 2 aromatic carbocycles. The summed E-state index contributed by atoms with van der Waals surface area (Å²) in [6.45, 7) is 4.04. The second kappa shape index (κ2) is 11.4. The highest BCUT2D eigenvalue weighted by Gasteiger charge is 2.22. The van der Waals surface area contributed by atoms with Crippen molar-refractivity contribution in [2.75, 3.05) is 0 Å². The van der Waals surface area contributed by atoms with Gasteiger partial charge < -0.3 is 9.30 Å². The van der Waals surface area contributed by atoms with E-state index >= 15 is 0 Å². The summed E-state index contributed by atoms with van der Waals surface area (Å²) in [6, 6.07) is 19.8. The Bertz CT molecular complexity index is 1850. The van der Waals surface area contributed by atoms with E-state index in [9.17, 15) is 14.9 Å². The molecule has 0 amide bonds. The van der Waals surface area contributed by atoms with Gasteiger partial charge in [0.25, 0.3) is 11.2 Å². The molecule has 10 heteroatoms. The number of aromatic nitrogens is 4. The highest BCUT2D eigenvalue weighted by atomic mass is 16.6. The summed E-state index contributed by atoms with van der Waals surface area (Å²) in [4.78, 5) is 32.8. The van der Waals surface area contributed by atoms with E-state index in [0.717, 1.165) is 54.1 Å². The SMILES string of the molecule is Cc1cc(C=Nn2c(C3CCCCC3)nc3ccccc3c2=O)c(C)n1-c1ccc(Oc2ccc([N+](=O)[O-])cn2)cc1. The molecule has 1 aliphatic carbocycles. The summed E-state index contributed by atoms with van der Waals surface area (Å²) < 4.78 is 9.37. The summed E-state index contributed by atoms with van der Waals surface area (Å²) in [5.41, 5.74) is 4.29. The molecular weight excluding hydrogens is 532 g/mol. The molecule has 1 fully saturated rings. The van der Waals surface area contributed by atoms with Gasteiger partial charge in [0.15, 0.2) is 0 Å². The molecule has 0 unspecified atom stereocenters. The molecule has 0 atom stereocenters. The fourth-order valence-corrected chi connectivity index (χ4v) is 5.64. The van der Waals surface area contributed by atoms with Crippen LogP contribution in [0.5, 0.6) is 11.6 Å². The maximum atomic E-state index is 13.6. The molecular formula is C32H30N6O4. The molecule has 0 bridgehead atoms. The van der Waals surface area contributed by atoms with Crippen molar-refractivity contribution in [3.8, 4) is 17.3 Å². The minimum atomic E-state index is -0.501. The van der Waals surface area contributed by atoms with Crippen LogP contribution in [0.3, 0.4) is 0 Å². The zero-order chi connectivity index (χ0) is 29.2. The van der Waals surface area contributed by atoms with E-state index in [0.29, 0.717) is 16.7 Å². The van der Waals surface area contributed by atoms with Gasteiger partial charge in [-0.2, -0.15) is 9.78 Å². The fourth-order valence-electron chi connectivity index (χ4n) is 5.64. The van der Waals surface area contributed by atoms with E-state index in [2.05, 4.69) is 9.55 Å². The first-order valence-corrected chi connectivity index (χ1v) is 14.0. The Morgan fingerprint density at radius 3 is 2.50 bits per heavy atom. The van der Waals surface area contributed by atoms with Gasteiger partial charge in [-0.15, -0.1) is 0 Å². The molecule has 0 N–H and O–H groups in total. The monoisotopic (exact) mass is 562 g/mol. The van der Waals surface area contributed by atoms with Crippen molar-refractivity contribution >= 4 is 22.8 Å². The van der Waals surface area contributed by atoms with Crippen LogP contribution in [0, 0.1) is 24.0 Å². The quantitative estimate of drug-likeness (QED) is 0.122. The van der Waals surface area contributed by atoms with E-state index in [4.69, 9.17) is 14.8 Å². The lowest BCUT2D eigenvalue weighted by Crippen LogP contribution is -2.25. The number of rotatable bonds is 7. The number of nitrogens with zero attached hydrogens (tertiary/aromatic N) is 6. The van der Waals surface area contributed by atoms with Crippen LogP contribution in [0.25, 0.3) is 16.6 Å². The van der Waals surface area contributed by atoms with Crippen LogP contribution in [0.15, 0.2) is 82.8 Å². The Kier molecular flexibility index (Phi) is 7.35. The average Bonchev–Trinajstić information content (AvgIpc) is 3.30. The molecule has 0 radical (unpaired) electrons. The van der Waals surface area contributed by atoms with Crippen molar-refractivity contribution in [1.82, 2.24) is 19.2 Å². The van der Waals surface area contributed by atoms with E-state index < -0.39 is 4.92 Å². The van der Waals surface area contributed by atoms with E-state index in [1.54, 1.807) is 12.3 Å². The van der Waals surface area contributed by atoms with Crippen molar-refractivity contribution < 1.29 is 9.66 Å². The van der Waals surface area contributed by atoms with Crippen LogP contribution in [-0.2, 0) is 0 Å². The number of benzene rings is 2. The topological polar surface area (TPSA) is 117 Å². The van der Waals surface area contributed by atoms with Crippen LogP contribution in [-0.4, -0.2) is 30.3 Å². The van der Waals surface area contributed by atoms with Crippen LogP contribution in [0.2, 0.25) is 0 Å². The summed E-state index contributed by atoms with van der Waals surface area (Å²) in [5, 5.41) is 16.1. The standard InChI is InChI=1S/C32H30N6O4/c1-21-18-24(19-34-37-31(23-8-4-3-5-9-23)35-29-11-7-6-10-28(29)32(37)39)22(2)36(21)25-12-15-27(16-13-25)42-30-17-14-26(20-33-30)38(40)41/h6-7,10-20,23H,3-5,8-9H2,1-2H3. The summed E-state index contributed by atoms with van der Waals surface area (Å²) in [5.74, 6) is 1.78. The molecule has 0 spiro atoms. The number of pyridine rings is 1. The Hall–Kier alpha value is -5.12. The van der Waals surface area contributed by atoms with Crippen LogP contribution < -0.4 is 10.3 Å². The lowest BCUT2D eigenvalue weighted by molar-refractivity contribution is -0.385. The first kappa shape index (κ1) is 27.1. The maximum absolute atomic E-state index is 13.6. The molecule has 3 aromatic heterocycles. The second-order valence-corrected chi connectivity index (χ2v) is 10.6. The van der Waals surface area contributed by atoms with E-state index in [-0.39, 0.29) is 23.0 Å². The smallest absolute Gasteiger partial charge is 0.287 e. The van der Waals surface area contributed by atoms with Crippen molar-refractivity contribution in [2.45, 2.75) is 51.9 Å². The molecule has 10 nitrogen and oxygen atoms in total. The van der Waals surface area contributed by atoms with Gasteiger partial charge in [0.05, 0.1) is 22.0 Å². The predicted octanol–water partition coefficient (Wildman–Crippen LogP) is 6.83. The lowest BCUT2D eigenvalue weighted by Gasteiger charge is -2.22. The third kappa shape index (κ3) is 5.30. The van der Waals surface area contributed by atoms with Crippen LogP contribution in [0.1, 0.15) is 60.8 Å². The molecule has 5 aromatic rings. The lowest BCUT2D eigenvalue weighted by atomic mass is 9.88. The number of para-hydroxylation sites is 1. The molecule has 212 valence electrons. The van der Waals surface area contributed by atoms with Gasteiger partial charge in [0.1, 0.15) is 17.8 Å². The normalized spacial score (nSPS) is 14.0. The average molecular weight is 563 g/mol. The number of fused-ring (bicyclic) bond motifs is 1. The van der Waals surface area contributed by atoms with Gasteiger partial charge in [0, 0.05) is 40.7 Å². The molecule has 6 rings (SSSR count). The molecule has 42 heavy (non-hydrogen) atoms. The number of aryl methyl sites for hydroxylation is 1. The fraction of sp³-hybridized carbons (Fsp3) is 0.250. The Labute approximate surface area is 242 Å². The minimum absolute atomic E-state index is 0.0948. The van der Waals surface area contributed by atoms with Gasteiger partial charge in [-0.05, 0) is 69.2 Å². The Balaban J connectivity index is 1.29. The third-order valence-corrected chi connectivity index (χ3v) is 7.78. The molecule has 0 saturated heterocycles. The summed E-state index contributed by atoms with van der Waals surface area (Å²) in [6.07, 6.45) is 8.41. The Morgan fingerprint density at radius 2 is 1.79 bits per heavy atom. The molecule has 1 aliphatic rings. The minimum Gasteiger partial charge on any atom is -0.439 e. The third-order valence-electron chi connectivity index (χ3n) is 7.78. The number of ether oxygens (including phenoxy) is 1. The van der Waals surface area contributed by atoms with Crippen LogP contribution in [0.4, 0.5) is 5.69 Å². The molecule has 1 saturated carbocycles. The van der Waals surface area contributed by atoms with E-state index in [1.807, 2.05) is 62.4 Å². The number of hydrogen-bond acceptors (Lipinski definition) is 7. The molecule has 0 aliphatic heterocycles. The largest absolute Gasteiger partial charge is 0.439 e. The van der Waals surface area contributed by atoms with Gasteiger partial charge >= 0.3 is 0 Å². The highest BCUT2D eigenvalue weighted by molar-refractivity contribution is 5.82. The number of hydrogen-bond donors (Lipinski definition) is 0. The van der Waals surface area contributed by atoms with Crippen molar-refractivity contribution in [3.63, 3.8) is 0 Å². The van der Waals surface area contributed by atoms with Gasteiger partial charge in [-0.25, -0.2) is 9.97 Å². The van der Waals surface area contributed by atoms with Gasteiger partial charge in [-0.1, -0.05) is 31.4 Å². The van der Waals surface area contributed by atoms with E-state index in [1.165, 1.54) is 29.4 Å². The van der Waals surface area contributed by atoms with Gasteiger partial charge in [0.2, 0.25) is 5.88 Å². The van der Waals surface area contributed by atoms with Crippen molar-refractivity contribution in [1.29, 1.82) is 0 Å². The summed E-state index contributed by atoms with van der Waals surface area (Å²) >= 11 is 0. The van der Waals surface area contributed by atoms with Crippen LogP contribution >= 0.6 is 0 Å². The Morgan fingerprint density at radius 1 is 1.02 bits per heavy atom.